The molecule has 1 amide bonds. The Balaban J connectivity index is 1.60. The van der Waals surface area contributed by atoms with Gasteiger partial charge in [0.2, 0.25) is 5.91 Å². The molecule has 0 saturated heterocycles. The van der Waals surface area contributed by atoms with Gasteiger partial charge in [0.05, 0.1) is 11.2 Å². The molecule has 1 aliphatic carbocycles. The number of hydrogen-bond donors (Lipinski definition) is 1. The number of rotatable bonds is 5. The van der Waals surface area contributed by atoms with Crippen LogP contribution in [0.3, 0.4) is 0 Å². The summed E-state index contributed by atoms with van der Waals surface area (Å²) in [7, 11) is 0. The molecule has 7 heteroatoms. The van der Waals surface area contributed by atoms with E-state index in [1.54, 1.807) is 16.7 Å². The van der Waals surface area contributed by atoms with Crippen molar-refractivity contribution in [2.45, 2.75) is 58.5 Å². The highest BCUT2D eigenvalue weighted by molar-refractivity contribution is 8.12. The van der Waals surface area contributed by atoms with Crippen LogP contribution in [-0.2, 0) is 4.79 Å². The van der Waals surface area contributed by atoms with Crippen LogP contribution in [0.5, 0.6) is 0 Å². The molecular weight excluding hydrogens is 464 g/mol. The Kier molecular flexibility index (Phi) is 7.80. The van der Waals surface area contributed by atoms with Gasteiger partial charge in [-0.3, -0.25) is 9.79 Å². The van der Waals surface area contributed by atoms with E-state index in [-0.39, 0.29) is 28.8 Å². The van der Waals surface area contributed by atoms with Crippen LogP contribution in [0, 0.1) is 23.7 Å². The Hall–Kier alpha value is -2.56. The number of anilines is 1. The molecule has 2 heterocycles. The number of carboxylic acid groups (broad SMARTS) is 1. The molecule has 1 aliphatic heterocycles. The molecule has 0 bridgehead atoms. The second-order valence-corrected chi connectivity index (χ2v) is 11.3. The second kappa shape index (κ2) is 10.8. The average Bonchev–Trinajstić information content (AvgIpc) is 3.49. The molecule has 2 aliphatic rings. The van der Waals surface area contributed by atoms with E-state index in [4.69, 9.17) is 0 Å². The van der Waals surface area contributed by atoms with Gasteiger partial charge in [0.1, 0.15) is 10.9 Å². The number of hydrogen-bond acceptors (Lipinski definition) is 5. The highest BCUT2D eigenvalue weighted by atomic mass is 32.2. The highest BCUT2D eigenvalue weighted by Gasteiger charge is 2.33. The first kappa shape index (κ1) is 24.6. The topological polar surface area (TPSA) is 70.0 Å². The van der Waals surface area contributed by atoms with Gasteiger partial charge in [0.25, 0.3) is 0 Å². The molecule has 2 aromatic rings. The third kappa shape index (κ3) is 5.56. The minimum Gasteiger partial charge on any atom is -0.477 e. The number of amides is 1. The predicted octanol–water partition coefficient (Wildman–Crippen LogP) is 6.18. The van der Waals surface area contributed by atoms with Crippen LogP contribution in [0.4, 0.5) is 5.69 Å². The number of aromatic carboxylic acids is 1. The van der Waals surface area contributed by atoms with Crippen LogP contribution in [0.15, 0.2) is 35.3 Å². The number of thioether (sulfide) groups is 1. The zero-order valence-electron chi connectivity index (χ0n) is 19.8. The Morgan fingerprint density at radius 3 is 2.44 bits per heavy atom. The third-order valence-corrected chi connectivity index (χ3v) is 8.35. The lowest BCUT2D eigenvalue weighted by molar-refractivity contribution is -0.123. The number of carboxylic acids is 1. The summed E-state index contributed by atoms with van der Waals surface area (Å²) in [6.07, 6.45) is 3.83. The van der Waals surface area contributed by atoms with Crippen LogP contribution in [-0.4, -0.2) is 40.4 Å². The zero-order chi connectivity index (χ0) is 24.2. The Morgan fingerprint density at radius 2 is 1.85 bits per heavy atom. The zero-order valence-corrected chi connectivity index (χ0v) is 21.4. The van der Waals surface area contributed by atoms with Crippen molar-refractivity contribution in [3.05, 3.63) is 40.8 Å². The lowest BCUT2D eigenvalue weighted by atomic mass is 9.82. The lowest BCUT2D eigenvalue weighted by Crippen LogP contribution is -2.42. The van der Waals surface area contributed by atoms with Crippen LogP contribution in [0.2, 0.25) is 0 Å². The fourth-order valence-corrected chi connectivity index (χ4v) is 6.13. The number of aliphatic imine (C=N–C) groups is 1. The van der Waals surface area contributed by atoms with Crippen molar-refractivity contribution >= 4 is 46.2 Å². The van der Waals surface area contributed by atoms with Crippen molar-refractivity contribution < 1.29 is 14.7 Å². The summed E-state index contributed by atoms with van der Waals surface area (Å²) >= 11 is 2.89. The van der Waals surface area contributed by atoms with E-state index in [0.29, 0.717) is 11.6 Å². The minimum atomic E-state index is -1.00. The largest absolute Gasteiger partial charge is 0.477 e. The highest BCUT2D eigenvalue weighted by Crippen LogP contribution is 2.40. The molecule has 5 nitrogen and oxygen atoms in total. The van der Waals surface area contributed by atoms with Gasteiger partial charge in [-0.05, 0) is 69.2 Å². The number of thiophene rings is 1. The number of nitrogens with zero attached hydrogens (tertiary/aromatic N) is 2. The second-order valence-electron chi connectivity index (χ2n) is 9.34. The smallest absolute Gasteiger partial charge is 0.348 e. The van der Waals surface area contributed by atoms with E-state index in [0.717, 1.165) is 47.4 Å². The van der Waals surface area contributed by atoms with Crippen molar-refractivity contribution in [1.29, 1.82) is 0 Å². The van der Waals surface area contributed by atoms with Crippen molar-refractivity contribution in [2.24, 2.45) is 16.8 Å². The summed E-state index contributed by atoms with van der Waals surface area (Å²) in [4.78, 5) is 32.7. The van der Waals surface area contributed by atoms with Gasteiger partial charge in [-0.1, -0.05) is 30.9 Å². The summed E-state index contributed by atoms with van der Waals surface area (Å²) in [6.45, 7) is 6.13. The van der Waals surface area contributed by atoms with Crippen LogP contribution >= 0.6 is 23.1 Å². The van der Waals surface area contributed by atoms with Gasteiger partial charge < -0.3 is 10.0 Å². The predicted molar refractivity (Wildman–Crippen MR) is 142 cm³/mol. The monoisotopic (exact) mass is 494 g/mol. The van der Waals surface area contributed by atoms with Crippen LogP contribution in [0.25, 0.3) is 10.4 Å². The van der Waals surface area contributed by atoms with E-state index in [9.17, 15) is 14.7 Å². The van der Waals surface area contributed by atoms with Gasteiger partial charge in [-0.2, -0.15) is 0 Å². The van der Waals surface area contributed by atoms with Crippen LogP contribution in [0.1, 0.15) is 61.7 Å². The normalized spacial score (nSPS) is 21.8. The van der Waals surface area contributed by atoms with Gasteiger partial charge in [-0.25, -0.2) is 4.79 Å². The molecule has 1 unspecified atom stereocenters. The summed E-state index contributed by atoms with van der Waals surface area (Å²) < 4.78 is 0. The third-order valence-electron chi connectivity index (χ3n) is 6.41. The Bertz CT molecular complexity index is 1130. The molecule has 1 saturated carbocycles. The molecule has 34 heavy (non-hydrogen) atoms. The fraction of sp³-hybridized carbons (Fsp3) is 0.444. The summed E-state index contributed by atoms with van der Waals surface area (Å²) in [6, 6.07) is 9.61. The van der Waals surface area contributed by atoms with E-state index in [1.165, 1.54) is 11.3 Å². The van der Waals surface area contributed by atoms with Crippen molar-refractivity contribution in [2.75, 3.05) is 10.7 Å². The SMILES string of the molecule is CC1CCC(C(=O)N(c2cc(-c3ccc(C#CC4CSC=N4)cc3)sc2C(=O)O)C(C)C)CC1. The maximum atomic E-state index is 13.5. The van der Waals surface area contributed by atoms with Gasteiger partial charge in [0, 0.05) is 28.2 Å². The first-order valence-corrected chi connectivity index (χ1v) is 13.7. The van der Waals surface area contributed by atoms with E-state index >= 15 is 0 Å². The molecule has 1 atom stereocenters. The Labute approximate surface area is 209 Å². The maximum absolute atomic E-state index is 13.5. The van der Waals surface area contributed by atoms with Crippen molar-refractivity contribution in [3.8, 4) is 22.3 Å². The molecule has 1 N–H and O–H groups in total. The minimum absolute atomic E-state index is 0.0379. The standard InChI is InChI=1S/C27H30N2O3S2/c1-17(2)29(26(30)21-9-4-18(3)5-10-21)23-14-24(34-25(23)27(31)32)20-11-6-19(7-12-20)8-13-22-15-33-16-28-22/h6-7,11-12,14,16-18,21-22H,4-5,9-10,15H2,1-3H3,(H,31,32). The van der Waals surface area contributed by atoms with Crippen LogP contribution < -0.4 is 4.90 Å². The number of carbonyl (C=O) groups is 2. The van der Waals surface area contributed by atoms with Gasteiger partial charge >= 0.3 is 5.97 Å². The molecule has 0 radical (unpaired) electrons. The molecule has 1 aromatic heterocycles. The quantitative estimate of drug-likeness (QED) is 0.504. The van der Waals surface area contributed by atoms with Gasteiger partial charge in [0.15, 0.2) is 0 Å². The number of carbonyl (C=O) groups excluding carboxylic acids is 1. The van der Waals surface area contributed by atoms with E-state index in [2.05, 4.69) is 23.8 Å². The van der Waals surface area contributed by atoms with E-state index in [1.807, 2.05) is 49.7 Å². The summed E-state index contributed by atoms with van der Waals surface area (Å²) in [5.74, 6) is 6.89. The Morgan fingerprint density at radius 1 is 1.15 bits per heavy atom. The molecule has 178 valence electrons. The van der Waals surface area contributed by atoms with Gasteiger partial charge in [-0.15, -0.1) is 23.1 Å². The summed E-state index contributed by atoms with van der Waals surface area (Å²) in [5, 5.41) is 9.94. The van der Waals surface area contributed by atoms with Crippen molar-refractivity contribution in [1.82, 2.24) is 0 Å². The molecule has 0 spiro atoms. The molecular formula is C27H30N2O3S2. The first-order chi connectivity index (χ1) is 16.3. The summed E-state index contributed by atoms with van der Waals surface area (Å²) in [5.41, 5.74) is 4.17. The average molecular weight is 495 g/mol. The number of benzene rings is 1. The van der Waals surface area contributed by atoms with E-state index < -0.39 is 5.97 Å². The van der Waals surface area contributed by atoms with Crippen molar-refractivity contribution in [3.63, 3.8) is 0 Å². The maximum Gasteiger partial charge on any atom is 0.348 e. The molecule has 1 fully saturated rings. The fourth-order valence-electron chi connectivity index (χ4n) is 4.47. The molecule has 4 rings (SSSR count). The molecule has 1 aromatic carbocycles. The lowest BCUT2D eigenvalue weighted by Gasteiger charge is -2.33. The first-order valence-electron chi connectivity index (χ1n) is 11.8.